The molecule has 21 heavy (non-hydrogen) atoms. The summed E-state index contributed by atoms with van der Waals surface area (Å²) in [6.45, 7) is 9.51. The molecule has 1 atom stereocenters. The number of hydrogen-bond donors (Lipinski definition) is 1. The van der Waals surface area contributed by atoms with E-state index < -0.39 is 5.41 Å². The molecule has 0 saturated carbocycles. The highest BCUT2D eigenvalue weighted by atomic mass is 16.5. The molecule has 0 radical (unpaired) electrons. The van der Waals surface area contributed by atoms with E-state index in [2.05, 4.69) is 23.9 Å². The zero-order chi connectivity index (χ0) is 15.9. The summed E-state index contributed by atoms with van der Waals surface area (Å²) in [7, 11) is 0. The van der Waals surface area contributed by atoms with Crippen LogP contribution in [0.1, 0.15) is 46.4 Å². The molecular formula is C15H28N4O2. The van der Waals surface area contributed by atoms with Gasteiger partial charge in [-0.1, -0.05) is 27.2 Å². The van der Waals surface area contributed by atoms with Crippen LogP contribution in [0.4, 0.5) is 0 Å². The van der Waals surface area contributed by atoms with Crippen LogP contribution in [0.2, 0.25) is 0 Å². The average molecular weight is 296 g/mol. The Balaban J connectivity index is 3.00. The molecule has 0 saturated heterocycles. The zero-order valence-electron chi connectivity index (χ0n) is 13.6. The van der Waals surface area contributed by atoms with Crippen molar-refractivity contribution in [3.8, 4) is 0 Å². The van der Waals surface area contributed by atoms with Gasteiger partial charge in [-0.2, -0.15) is 5.10 Å². The number of rotatable bonds is 9. The zero-order valence-corrected chi connectivity index (χ0v) is 13.6. The molecule has 1 aromatic heterocycles. The number of hydrogen-bond acceptors (Lipinski definition) is 5. The Kier molecular flexibility index (Phi) is 6.81. The van der Waals surface area contributed by atoms with Gasteiger partial charge in [-0.25, -0.2) is 9.67 Å². The second kappa shape index (κ2) is 8.12. The van der Waals surface area contributed by atoms with Crippen molar-refractivity contribution in [1.29, 1.82) is 0 Å². The van der Waals surface area contributed by atoms with Gasteiger partial charge < -0.3 is 10.5 Å². The van der Waals surface area contributed by atoms with Gasteiger partial charge in [-0.3, -0.25) is 4.79 Å². The first-order valence-corrected chi connectivity index (χ1v) is 7.73. The minimum absolute atomic E-state index is 0.228. The lowest BCUT2D eigenvalue weighted by molar-refractivity contribution is -0.155. The van der Waals surface area contributed by atoms with E-state index in [9.17, 15) is 4.79 Å². The molecule has 0 bridgehead atoms. The Morgan fingerprint density at radius 1 is 1.48 bits per heavy atom. The smallest absolute Gasteiger partial charge is 0.313 e. The quantitative estimate of drug-likeness (QED) is 0.702. The van der Waals surface area contributed by atoms with Crippen molar-refractivity contribution in [3.63, 3.8) is 0 Å². The molecule has 1 rings (SSSR count). The van der Waals surface area contributed by atoms with E-state index in [1.165, 1.54) is 6.33 Å². The monoisotopic (exact) mass is 296 g/mol. The van der Waals surface area contributed by atoms with Crippen molar-refractivity contribution in [2.75, 3.05) is 13.2 Å². The van der Waals surface area contributed by atoms with E-state index in [1.807, 2.05) is 18.5 Å². The largest absolute Gasteiger partial charge is 0.466 e. The lowest BCUT2D eigenvalue weighted by atomic mass is 9.80. The molecule has 0 spiro atoms. The molecule has 0 fully saturated rings. The van der Waals surface area contributed by atoms with Crippen LogP contribution in [0, 0.1) is 11.3 Å². The minimum atomic E-state index is -0.702. The van der Waals surface area contributed by atoms with Crippen molar-refractivity contribution in [2.45, 2.75) is 53.5 Å². The second-order valence-electron chi connectivity index (χ2n) is 5.88. The Morgan fingerprint density at radius 3 is 2.71 bits per heavy atom. The molecule has 0 aliphatic heterocycles. The topological polar surface area (TPSA) is 83.0 Å². The summed E-state index contributed by atoms with van der Waals surface area (Å²) < 4.78 is 7.11. The minimum Gasteiger partial charge on any atom is -0.466 e. The second-order valence-corrected chi connectivity index (χ2v) is 5.88. The normalized spacial score (nSPS) is 14.2. The van der Waals surface area contributed by atoms with Crippen LogP contribution in [0.5, 0.6) is 0 Å². The molecular weight excluding hydrogens is 268 g/mol. The van der Waals surface area contributed by atoms with Gasteiger partial charge in [0.25, 0.3) is 0 Å². The fourth-order valence-electron chi connectivity index (χ4n) is 2.51. The van der Waals surface area contributed by atoms with Crippen LogP contribution < -0.4 is 5.73 Å². The van der Waals surface area contributed by atoms with Gasteiger partial charge in [-0.15, -0.1) is 0 Å². The van der Waals surface area contributed by atoms with Gasteiger partial charge in [0.05, 0.1) is 12.0 Å². The van der Waals surface area contributed by atoms with Crippen LogP contribution in [0.15, 0.2) is 6.33 Å². The first-order chi connectivity index (χ1) is 9.99. The fraction of sp³-hybridized carbons (Fsp3) is 0.800. The molecule has 0 amide bonds. The predicted molar refractivity (Wildman–Crippen MR) is 81.6 cm³/mol. The van der Waals surface area contributed by atoms with Crippen LogP contribution in [0.3, 0.4) is 0 Å². The molecule has 1 heterocycles. The van der Waals surface area contributed by atoms with Crippen molar-refractivity contribution < 1.29 is 9.53 Å². The highest BCUT2D eigenvalue weighted by Gasteiger charge is 2.39. The summed E-state index contributed by atoms with van der Waals surface area (Å²) in [5.74, 6) is 1.04. The molecule has 120 valence electrons. The number of esters is 1. The molecule has 2 N–H and O–H groups in total. The molecule has 6 nitrogen and oxygen atoms in total. The Bertz CT molecular complexity index is 445. The van der Waals surface area contributed by atoms with Gasteiger partial charge in [0.2, 0.25) is 0 Å². The molecule has 1 aromatic rings. The standard InChI is InChI=1S/C15H28N4O2/c1-5-7-15(10-16,14(20)21-6-2)8-13-17-11-18-19(13)9-12(3)4/h11-12H,5-10,16H2,1-4H3. The highest BCUT2D eigenvalue weighted by molar-refractivity contribution is 5.77. The van der Waals surface area contributed by atoms with Crippen LogP contribution in [0.25, 0.3) is 0 Å². The third kappa shape index (κ3) is 4.52. The third-order valence-corrected chi connectivity index (χ3v) is 3.56. The maximum atomic E-state index is 12.4. The molecule has 6 heteroatoms. The highest BCUT2D eigenvalue weighted by Crippen LogP contribution is 2.29. The summed E-state index contributed by atoms with van der Waals surface area (Å²) in [5.41, 5.74) is 5.23. The molecule has 1 unspecified atom stereocenters. The van der Waals surface area contributed by atoms with Gasteiger partial charge in [0.15, 0.2) is 0 Å². The molecule has 0 aliphatic rings. The lowest BCUT2D eigenvalue weighted by Gasteiger charge is -2.29. The van der Waals surface area contributed by atoms with Crippen molar-refractivity contribution in [2.24, 2.45) is 17.1 Å². The van der Waals surface area contributed by atoms with E-state index in [0.29, 0.717) is 25.4 Å². The number of ether oxygens (including phenoxy) is 1. The Morgan fingerprint density at radius 2 is 2.19 bits per heavy atom. The van der Waals surface area contributed by atoms with E-state index >= 15 is 0 Å². The fourth-order valence-corrected chi connectivity index (χ4v) is 2.51. The number of carbonyl (C=O) groups excluding carboxylic acids is 1. The van der Waals surface area contributed by atoms with Gasteiger partial charge in [0, 0.05) is 19.5 Å². The van der Waals surface area contributed by atoms with Gasteiger partial charge in [-0.05, 0) is 19.3 Å². The van der Waals surface area contributed by atoms with Crippen LogP contribution in [-0.4, -0.2) is 33.9 Å². The first-order valence-electron chi connectivity index (χ1n) is 7.73. The summed E-state index contributed by atoms with van der Waals surface area (Å²) in [6, 6.07) is 0. The van der Waals surface area contributed by atoms with Crippen molar-refractivity contribution >= 4 is 5.97 Å². The third-order valence-electron chi connectivity index (χ3n) is 3.56. The number of nitrogens with zero attached hydrogens (tertiary/aromatic N) is 3. The SMILES string of the molecule is CCCC(CN)(Cc1ncnn1CC(C)C)C(=O)OCC. The summed E-state index contributed by atoms with van der Waals surface area (Å²) in [5, 5.41) is 4.25. The Hall–Kier alpha value is -1.43. The number of aromatic nitrogens is 3. The van der Waals surface area contributed by atoms with Crippen molar-refractivity contribution in [3.05, 3.63) is 12.2 Å². The van der Waals surface area contributed by atoms with Crippen molar-refractivity contribution in [1.82, 2.24) is 14.8 Å². The number of nitrogens with two attached hydrogens (primary N) is 1. The van der Waals surface area contributed by atoms with Crippen LogP contribution >= 0.6 is 0 Å². The van der Waals surface area contributed by atoms with Crippen LogP contribution in [-0.2, 0) is 22.5 Å². The molecule has 0 aromatic carbocycles. The Labute approximate surface area is 127 Å². The summed E-state index contributed by atoms with van der Waals surface area (Å²) in [6.07, 6.45) is 3.57. The molecule has 0 aliphatic carbocycles. The van der Waals surface area contributed by atoms with Gasteiger partial charge >= 0.3 is 5.97 Å². The summed E-state index contributed by atoms with van der Waals surface area (Å²) in [4.78, 5) is 16.7. The lowest BCUT2D eigenvalue weighted by Crippen LogP contribution is -2.42. The van der Waals surface area contributed by atoms with Gasteiger partial charge in [0.1, 0.15) is 12.2 Å². The maximum Gasteiger partial charge on any atom is 0.313 e. The van der Waals surface area contributed by atoms with E-state index in [0.717, 1.165) is 18.8 Å². The predicted octanol–water partition coefficient (Wildman–Crippen LogP) is 1.78. The summed E-state index contributed by atoms with van der Waals surface area (Å²) >= 11 is 0. The first kappa shape index (κ1) is 17.6. The maximum absolute atomic E-state index is 12.4. The number of carbonyl (C=O) groups is 1. The van der Waals surface area contributed by atoms with E-state index in [-0.39, 0.29) is 12.5 Å². The van der Waals surface area contributed by atoms with E-state index in [1.54, 1.807) is 0 Å². The van der Waals surface area contributed by atoms with E-state index in [4.69, 9.17) is 10.5 Å². The average Bonchev–Trinajstić information content (AvgIpc) is 2.84.